The van der Waals surface area contributed by atoms with Gasteiger partial charge in [-0.05, 0) is 30.4 Å². The van der Waals surface area contributed by atoms with Gasteiger partial charge in [0.05, 0.1) is 0 Å². The summed E-state index contributed by atoms with van der Waals surface area (Å²) in [7, 11) is 0. The highest BCUT2D eigenvalue weighted by atomic mass is 32.2. The minimum absolute atomic E-state index is 0. The second-order valence-corrected chi connectivity index (χ2v) is 6.59. The molecule has 118 valence electrons. The summed E-state index contributed by atoms with van der Waals surface area (Å²) in [6.45, 7) is 5.63. The second-order valence-electron chi connectivity index (χ2n) is 5.15. The van der Waals surface area contributed by atoms with Gasteiger partial charge in [0.2, 0.25) is 5.99 Å². The Morgan fingerprint density at radius 2 is 1.68 bits per heavy atom. The zero-order chi connectivity index (χ0) is 15.1. The molecular formula is C18H26BNOS. The zero-order valence-electron chi connectivity index (χ0n) is 12.7. The summed E-state index contributed by atoms with van der Waals surface area (Å²) in [5.41, 5.74) is 9.32. The number of aryl methyl sites for hydroxylation is 1. The molecule has 0 aliphatic heterocycles. The van der Waals surface area contributed by atoms with Crippen LogP contribution in [0.2, 0.25) is 6.82 Å². The average Bonchev–Trinajstić information content (AvgIpc) is 2.52. The molecule has 0 fully saturated rings. The summed E-state index contributed by atoms with van der Waals surface area (Å²) < 4.78 is 5.79. The number of hydrogen-bond acceptors (Lipinski definition) is 3. The van der Waals surface area contributed by atoms with E-state index in [0.717, 1.165) is 18.0 Å². The highest BCUT2D eigenvalue weighted by Crippen LogP contribution is 2.14. The molecule has 0 atom stereocenters. The largest absolute Gasteiger partial charge is 0.489 e. The Bertz CT molecular complexity index is 542. The maximum absolute atomic E-state index is 5.79. The molecule has 0 bridgehead atoms. The van der Waals surface area contributed by atoms with E-state index >= 15 is 0 Å². The van der Waals surface area contributed by atoms with E-state index in [9.17, 15) is 0 Å². The van der Waals surface area contributed by atoms with Crippen LogP contribution in [0.3, 0.4) is 0 Å². The van der Waals surface area contributed by atoms with E-state index in [1.165, 1.54) is 16.6 Å². The first-order valence-corrected chi connectivity index (χ1v) is 8.34. The van der Waals surface area contributed by atoms with Gasteiger partial charge in [0, 0.05) is 6.54 Å². The Morgan fingerprint density at radius 3 is 2.27 bits per heavy atom. The van der Waals surface area contributed by atoms with Crippen molar-refractivity contribution in [1.82, 2.24) is 0 Å². The van der Waals surface area contributed by atoms with Crippen LogP contribution >= 0.6 is 11.6 Å². The third-order valence-corrected chi connectivity index (χ3v) is 4.60. The lowest BCUT2D eigenvalue weighted by atomic mass is 9.71. The molecule has 0 unspecified atom stereocenters. The van der Waals surface area contributed by atoms with Gasteiger partial charge in [0.25, 0.3) is 0 Å². The number of benzene rings is 2. The molecule has 0 heterocycles. The quantitative estimate of drug-likeness (QED) is 0.791. The smallest absolute Gasteiger partial charge is 0.238 e. The lowest BCUT2D eigenvalue weighted by Gasteiger charge is -2.10. The number of rotatable bonds is 7. The molecule has 0 saturated heterocycles. The molecule has 2 nitrogen and oxygen atoms in total. The fraction of sp³-hybridized carbons (Fsp3) is 0.333. The van der Waals surface area contributed by atoms with E-state index in [1.807, 2.05) is 23.7 Å². The van der Waals surface area contributed by atoms with Gasteiger partial charge < -0.3 is 10.5 Å². The van der Waals surface area contributed by atoms with Gasteiger partial charge in [-0.3, -0.25) is 0 Å². The maximum atomic E-state index is 5.79. The molecule has 0 aliphatic carbocycles. The minimum Gasteiger partial charge on any atom is -0.489 e. The van der Waals surface area contributed by atoms with Crippen molar-refractivity contribution in [2.45, 2.75) is 27.8 Å². The standard InChI is InChI=1S/C17H22BNOS.CH4/c1-14-3-9-17(10-4-14)20-13-15-5-7-16(8-6-15)18(2)21-12-11-19;/h3-10H,11-13,19H2,1-2H3;1H4. The molecule has 22 heavy (non-hydrogen) atoms. The summed E-state index contributed by atoms with van der Waals surface area (Å²) in [5, 5.41) is 0. The summed E-state index contributed by atoms with van der Waals surface area (Å²) in [5.74, 6) is 2.40. The molecular weight excluding hydrogens is 289 g/mol. The topological polar surface area (TPSA) is 35.2 Å². The van der Waals surface area contributed by atoms with Gasteiger partial charge in [-0.2, -0.15) is 0 Å². The van der Waals surface area contributed by atoms with Gasteiger partial charge in [-0.25, -0.2) is 11.6 Å². The van der Waals surface area contributed by atoms with Gasteiger partial charge in [-0.1, -0.05) is 61.7 Å². The molecule has 0 aliphatic rings. The van der Waals surface area contributed by atoms with E-state index in [0.29, 0.717) is 12.6 Å². The number of ether oxygens (including phenoxy) is 1. The van der Waals surface area contributed by atoms with Crippen molar-refractivity contribution in [2.24, 2.45) is 5.73 Å². The highest BCUT2D eigenvalue weighted by molar-refractivity contribution is 8.26. The van der Waals surface area contributed by atoms with Crippen molar-refractivity contribution < 1.29 is 4.74 Å². The average molecular weight is 315 g/mol. The van der Waals surface area contributed by atoms with Crippen LogP contribution in [0.1, 0.15) is 18.6 Å². The highest BCUT2D eigenvalue weighted by Gasteiger charge is 2.09. The van der Waals surface area contributed by atoms with Crippen molar-refractivity contribution >= 4 is 23.1 Å². The number of nitrogens with two attached hydrogens (primary N) is 1. The molecule has 0 amide bonds. The van der Waals surface area contributed by atoms with Crippen LogP contribution in [0.5, 0.6) is 5.75 Å². The van der Waals surface area contributed by atoms with Crippen molar-refractivity contribution in [1.29, 1.82) is 0 Å². The first-order chi connectivity index (χ1) is 10.2. The van der Waals surface area contributed by atoms with Gasteiger partial charge in [-0.15, -0.1) is 0 Å². The van der Waals surface area contributed by atoms with E-state index in [1.54, 1.807) is 0 Å². The SMILES string of the molecule is C.CB(SCCN)c1ccc(COc2ccc(C)cc2)cc1. The van der Waals surface area contributed by atoms with Crippen LogP contribution < -0.4 is 15.9 Å². The van der Waals surface area contributed by atoms with Crippen molar-refractivity contribution in [2.75, 3.05) is 12.3 Å². The summed E-state index contributed by atoms with van der Waals surface area (Å²) in [4.78, 5) is 0. The van der Waals surface area contributed by atoms with Crippen LogP contribution in [-0.4, -0.2) is 18.3 Å². The first kappa shape index (κ1) is 18.7. The van der Waals surface area contributed by atoms with E-state index in [2.05, 4.69) is 50.1 Å². The molecule has 0 saturated carbocycles. The van der Waals surface area contributed by atoms with Gasteiger partial charge in [0.1, 0.15) is 12.4 Å². The normalized spacial score (nSPS) is 9.95. The molecule has 2 aromatic rings. The van der Waals surface area contributed by atoms with Crippen LogP contribution in [0.25, 0.3) is 0 Å². The molecule has 2 N–H and O–H groups in total. The fourth-order valence-electron chi connectivity index (χ4n) is 2.03. The van der Waals surface area contributed by atoms with E-state index < -0.39 is 0 Å². The van der Waals surface area contributed by atoms with Crippen LogP contribution in [-0.2, 0) is 6.61 Å². The number of hydrogen-bond donors (Lipinski definition) is 1. The molecule has 0 aromatic heterocycles. The molecule has 0 spiro atoms. The van der Waals surface area contributed by atoms with Crippen molar-refractivity contribution in [3.05, 3.63) is 59.7 Å². The van der Waals surface area contributed by atoms with Crippen LogP contribution in [0.15, 0.2) is 48.5 Å². The van der Waals surface area contributed by atoms with Crippen molar-refractivity contribution in [3.8, 4) is 5.75 Å². The monoisotopic (exact) mass is 315 g/mol. The van der Waals surface area contributed by atoms with Crippen LogP contribution in [0.4, 0.5) is 0 Å². The molecule has 0 radical (unpaired) electrons. The molecule has 2 aromatic carbocycles. The zero-order valence-corrected chi connectivity index (χ0v) is 13.5. The summed E-state index contributed by atoms with van der Waals surface area (Å²) in [6.07, 6.45) is 0. The van der Waals surface area contributed by atoms with E-state index in [4.69, 9.17) is 10.5 Å². The Labute approximate surface area is 139 Å². The summed E-state index contributed by atoms with van der Waals surface area (Å²) >= 11 is 1.89. The predicted molar refractivity (Wildman–Crippen MR) is 101 cm³/mol. The third-order valence-electron chi connectivity index (χ3n) is 3.36. The fourth-order valence-corrected chi connectivity index (χ4v) is 2.87. The summed E-state index contributed by atoms with van der Waals surface area (Å²) in [6, 6.07) is 16.8. The molecule has 2 rings (SSSR count). The van der Waals surface area contributed by atoms with Crippen LogP contribution in [0, 0.1) is 6.92 Å². The molecule has 4 heteroatoms. The first-order valence-electron chi connectivity index (χ1n) is 7.29. The Kier molecular flexibility index (Phi) is 8.14. The minimum atomic E-state index is 0. The lowest BCUT2D eigenvalue weighted by molar-refractivity contribution is 0.306. The maximum Gasteiger partial charge on any atom is 0.238 e. The van der Waals surface area contributed by atoms with E-state index in [-0.39, 0.29) is 7.43 Å². The van der Waals surface area contributed by atoms with Gasteiger partial charge in [0.15, 0.2) is 0 Å². The lowest BCUT2D eigenvalue weighted by Crippen LogP contribution is -2.24. The third kappa shape index (κ3) is 5.78. The Balaban J connectivity index is 0.00000242. The Hall–Kier alpha value is -1.39. The second kappa shape index (κ2) is 9.60. The van der Waals surface area contributed by atoms with Gasteiger partial charge >= 0.3 is 0 Å². The predicted octanol–water partition coefficient (Wildman–Crippen LogP) is 3.73. The van der Waals surface area contributed by atoms with Crippen molar-refractivity contribution in [3.63, 3.8) is 0 Å². The Morgan fingerprint density at radius 1 is 1.05 bits per heavy atom.